The molecule has 0 saturated carbocycles. The third-order valence-electron chi connectivity index (χ3n) is 4.58. The molecular formula is C17H21N3O3S. The molecule has 0 bridgehead atoms. The maximum Gasteiger partial charge on any atom is 0.267 e. The van der Waals surface area contributed by atoms with Gasteiger partial charge in [0.2, 0.25) is 11.6 Å². The number of benzene rings is 1. The average Bonchev–Trinajstić information content (AvgIpc) is 2.95. The molecule has 128 valence electrons. The summed E-state index contributed by atoms with van der Waals surface area (Å²) in [6.07, 6.45) is 1.26. The fraction of sp³-hybridized carbons (Fsp3) is 0.471. The van der Waals surface area contributed by atoms with Gasteiger partial charge in [-0.1, -0.05) is 19.1 Å². The SMILES string of the molecule is CCCN1C(=O)c2ccccc2N2C(=O)CCC12C(=O)NCCS. The lowest BCUT2D eigenvalue weighted by molar-refractivity contribution is -0.133. The number of fused-ring (bicyclic) bond motifs is 3. The first kappa shape index (κ1) is 16.8. The van der Waals surface area contributed by atoms with Gasteiger partial charge in [-0.2, -0.15) is 12.6 Å². The van der Waals surface area contributed by atoms with Crippen LogP contribution < -0.4 is 10.2 Å². The van der Waals surface area contributed by atoms with E-state index in [9.17, 15) is 14.4 Å². The van der Waals surface area contributed by atoms with E-state index >= 15 is 0 Å². The van der Waals surface area contributed by atoms with Gasteiger partial charge in [-0.25, -0.2) is 0 Å². The highest BCUT2D eigenvalue weighted by atomic mass is 32.1. The molecule has 0 aromatic heterocycles. The maximum atomic E-state index is 13.0. The summed E-state index contributed by atoms with van der Waals surface area (Å²) >= 11 is 4.12. The minimum absolute atomic E-state index is 0.128. The number of hydrogen-bond acceptors (Lipinski definition) is 4. The Kier molecular flexibility index (Phi) is 4.54. The van der Waals surface area contributed by atoms with Crippen molar-refractivity contribution in [2.24, 2.45) is 0 Å². The Morgan fingerprint density at radius 2 is 2.08 bits per heavy atom. The predicted molar refractivity (Wildman–Crippen MR) is 94.1 cm³/mol. The van der Waals surface area contributed by atoms with Crippen LogP contribution in [0.25, 0.3) is 0 Å². The summed E-state index contributed by atoms with van der Waals surface area (Å²) < 4.78 is 0. The zero-order chi connectivity index (χ0) is 17.3. The molecule has 6 nitrogen and oxygen atoms in total. The Bertz CT molecular complexity index is 693. The van der Waals surface area contributed by atoms with Crippen LogP contribution in [-0.4, -0.2) is 47.1 Å². The number of thiol groups is 1. The van der Waals surface area contributed by atoms with Crippen LogP contribution in [0.3, 0.4) is 0 Å². The van der Waals surface area contributed by atoms with Crippen molar-refractivity contribution in [1.82, 2.24) is 10.2 Å². The van der Waals surface area contributed by atoms with Crippen molar-refractivity contribution in [3.63, 3.8) is 0 Å². The van der Waals surface area contributed by atoms with Gasteiger partial charge in [-0.05, 0) is 18.6 Å². The summed E-state index contributed by atoms with van der Waals surface area (Å²) in [4.78, 5) is 41.7. The zero-order valence-corrected chi connectivity index (χ0v) is 14.5. The van der Waals surface area contributed by atoms with Crippen LogP contribution in [0.5, 0.6) is 0 Å². The second-order valence-electron chi connectivity index (χ2n) is 6.00. The van der Waals surface area contributed by atoms with Crippen LogP contribution in [-0.2, 0) is 9.59 Å². The molecular weight excluding hydrogens is 326 g/mol. The Morgan fingerprint density at radius 3 is 2.79 bits per heavy atom. The predicted octanol–water partition coefficient (Wildman–Crippen LogP) is 1.42. The highest BCUT2D eigenvalue weighted by Gasteiger charge is 2.60. The van der Waals surface area contributed by atoms with E-state index in [0.717, 1.165) is 0 Å². The molecule has 0 aliphatic carbocycles. The molecule has 1 unspecified atom stereocenters. The van der Waals surface area contributed by atoms with Crippen molar-refractivity contribution in [2.75, 3.05) is 23.7 Å². The summed E-state index contributed by atoms with van der Waals surface area (Å²) in [5, 5.41) is 2.82. The van der Waals surface area contributed by atoms with E-state index in [1.54, 1.807) is 29.2 Å². The van der Waals surface area contributed by atoms with Crippen LogP contribution in [0.1, 0.15) is 36.5 Å². The van der Waals surface area contributed by atoms with E-state index in [1.165, 1.54) is 4.90 Å². The van der Waals surface area contributed by atoms with Crippen molar-refractivity contribution in [3.05, 3.63) is 29.8 Å². The molecule has 3 amide bonds. The number of para-hydroxylation sites is 1. The number of nitrogens with zero attached hydrogens (tertiary/aromatic N) is 2. The summed E-state index contributed by atoms with van der Waals surface area (Å²) in [6.45, 7) is 2.76. The van der Waals surface area contributed by atoms with Crippen LogP contribution in [0.2, 0.25) is 0 Å². The second kappa shape index (κ2) is 6.47. The van der Waals surface area contributed by atoms with Gasteiger partial charge in [-0.3, -0.25) is 19.3 Å². The highest BCUT2D eigenvalue weighted by molar-refractivity contribution is 7.80. The molecule has 0 radical (unpaired) electrons. The number of anilines is 1. The summed E-state index contributed by atoms with van der Waals surface area (Å²) in [7, 11) is 0. The van der Waals surface area contributed by atoms with Crippen LogP contribution in [0.15, 0.2) is 24.3 Å². The minimum atomic E-state index is -1.26. The van der Waals surface area contributed by atoms with Crippen LogP contribution >= 0.6 is 12.6 Å². The maximum absolute atomic E-state index is 13.0. The van der Waals surface area contributed by atoms with Gasteiger partial charge in [0.1, 0.15) is 0 Å². The molecule has 2 aliphatic heterocycles. The molecule has 1 atom stereocenters. The number of hydrogen-bond donors (Lipinski definition) is 2. The standard InChI is InChI=1S/C17H21N3O3S/c1-2-10-19-15(22)12-5-3-4-6-13(12)20-14(21)7-8-17(19,20)16(23)18-9-11-24/h3-6,24H,2,7-11H2,1H3,(H,18,23). The second-order valence-corrected chi connectivity index (χ2v) is 6.45. The van der Waals surface area contributed by atoms with Gasteiger partial charge in [0.25, 0.3) is 11.8 Å². The summed E-state index contributed by atoms with van der Waals surface area (Å²) in [5.74, 6) is -0.135. The first-order chi connectivity index (χ1) is 11.6. The van der Waals surface area contributed by atoms with Gasteiger partial charge in [0.15, 0.2) is 0 Å². The smallest absolute Gasteiger partial charge is 0.267 e. The fourth-order valence-corrected chi connectivity index (χ4v) is 3.73. The van der Waals surface area contributed by atoms with E-state index in [4.69, 9.17) is 0 Å². The number of nitrogens with one attached hydrogen (secondary N) is 1. The molecule has 3 rings (SSSR count). The molecule has 2 aliphatic rings. The number of carbonyl (C=O) groups excluding carboxylic acids is 3. The molecule has 1 aromatic rings. The lowest BCUT2D eigenvalue weighted by Crippen LogP contribution is -2.70. The van der Waals surface area contributed by atoms with Gasteiger partial charge >= 0.3 is 0 Å². The first-order valence-corrected chi connectivity index (χ1v) is 8.84. The third kappa shape index (κ3) is 2.30. The van der Waals surface area contributed by atoms with Crippen LogP contribution in [0.4, 0.5) is 5.69 Å². The average molecular weight is 347 g/mol. The van der Waals surface area contributed by atoms with Gasteiger partial charge in [-0.15, -0.1) is 0 Å². The Labute approximate surface area is 146 Å². The molecule has 1 saturated heterocycles. The molecule has 2 heterocycles. The van der Waals surface area contributed by atoms with Crippen molar-refractivity contribution in [1.29, 1.82) is 0 Å². The van der Waals surface area contributed by atoms with E-state index in [2.05, 4.69) is 17.9 Å². The van der Waals surface area contributed by atoms with Crippen molar-refractivity contribution >= 4 is 36.0 Å². The van der Waals surface area contributed by atoms with Crippen molar-refractivity contribution in [2.45, 2.75) is 31.8 Å². The Hall–Kier alpha value is -2.02. The van der Waals surface area contributed by atoms with Crippen molar-refractivity contribution < 1.29 is 14.4 Å². The lowest BCUT2D eigenvalue weighted by Gasteiger charge is -2.49. The number of rotatable bonds is 5. The van der Waals surface area contributed by atoms with Crippen molar-refractivity contribution in [3.8, 4) is 0 Å². The molecule has 0 spiro atoms. The Morgan fingerprint density at radius 1 is 1.33 bits per heavy atom. The van der Waals surface area contributed by atoms with Gasteiger partial charge < -0.3 is 10.2 Å². The minimum Gasteiger partial charge on any atom is -0.352 e. The molecule has 7 heteroatoms. The first-order valence-electron chi connectivity index (χ1n) is 8.21. The normalized spacial score (nSPS) is 22.4. The summed E-state index contributed by atoms with van der Waals surface area (Å²) in [5.41, 5.74) is -0.265. The van der Waals surface area contributed by atoms with E-state index in [1.807, 2.05) is 6.92 Å². The third-order valence-corrected chi connectivity index (χ3v) is 4.81. The topological polar surface area (TPSA) is 69.7 Å². The highest BCUT2D eigenvalue weighted by Crippen LogP contribution is 2.44. The monoisotopic (exact) mass is 347 g/mol. The lowest BCUT2D eigenvalue weighted by atomic mass is 9.95. The van der Waals surface area contributed by atoms with E-state index in [0.29, 0.717) is 42.9 Å². The fourth-order valence-electron chi connectivity index (χ4n) is 3.62. The summed E-state index contributed by atoms with van der Waals surface area (Å²) in [6, 6.07) is 7.00. The quantitative estimate of drug-likeness (QED) is 0.792. The zero-order valence-electron chi connectivity index (χ0n) is 13.6. The molecule has 1 aromatic carbocycles. The van der Waals surface area contributed by atoms with Gasteiger partial charge in [0.05, 0.1) is 11.3 Å². The van der Waals surface area contributed by atoms with E-state index < -0.39 is 5.66 Å². The largest absolute Gasteiger partial charge is 0.352 e. The van der Waals surface area contributed by atoms with Gasteiger partial charge in [0, 0.05) is 31.7 Å². The number of carbonyl (C=O) groups is 3. The van der Waals surface area contributed by atoms with Crippen LogP contribution in [0, 0.1) is 0 Å². The number of amides is 3. The Balaban J connectivity index is 2.17. The molecule has 1 N–H and O–H groups in total. The molecule has 1 fully saturated rings. The van der Waals surface area contributed by atoms with E-state index in [-0.39, 0.29) is 24.1 Å². The molecule has 24 heavy (non-hydrogen) atoms.